The lowest BCUT2D eigenvalue weighted by Gasteiger charge is -2.34. The minimum Gasteiger partial charge on any atom is -0.496 e. The van der Waals surface area contributed by atoms with Gasteiger partial charge in [-0.3, -0.25) is 4.98 Å². The van der Waals surface area contributed by atoms with E-state index < -0.39 is 40.5 Å². The van der Waals surface area contributed by atoms with Crippen LogP contribution in [-0.4, -0.2) is 42.9 Å². The maximum absolute atomic E-state index is 13.8. The molecule has 1 aliphatic heterocycles. The van der Waals surface area contributed by atoms with E-state index >= 15 is 0 Å². The van der Waals surface area contributed by atoms with E-state index in [0.29, 0.717) is 28.5 Å². The minimum absolute atomic E-state index is 0.0595. The number of benzene rings is 2. The van der Waals surface area contributed by atoms with Crippen molar-refractivity contribution in [2.75, 3.05) is 24.3 Å². The van der Waals surface area contributed by atoms with E-state index in [-0.39, 0.29) is 23.5 Å². The van der Waals surface area contributed by atoms with Gasteiger partial charge in [0.25, 0.3) is 0 Å². The maximum Gasteiger partial charge on any atom is 0.511 e. The first-order valence-electron chi connectivity index (χ1n) is 11.4. The molecule has 4 rings (SSSR count). The van der Waals surface area contributed by atoms with Crippen molar-refractivity contribution < 1.29 is 30.7 Å². The summed E-state index contributed by atoms with van der Waals surface area (Å²) in [5.74, 6) is -0.440. The van der Waals surface area contributed by atoms with Crippen LogP contribution in [-0.2, 0) is 29.5 Å². The molecule has 198 valence electrons. The molecule has 7 nitrogen and oxygen atoms in total. The van der Waals surface area contributed by atoms with Gasteiger partial charge in [-0.2, -0.15) is 17.5 Å². The smallest absolute Gasteiger partial charge is 0.496 e. The van der Waals surface area contributed by atoms with Crippen LogP contribution in [0.3, 0.4) is 0 Å². The van der Waals surface area contributed by atoms with Gasteiger partial charge in [0.15, 0.2) is 5.82 Å². The van der Waals surface area contributed by atoms with Crippen molar-refractivity contribution in [1.29, 1.82) is 0 Å². The Bertz CT molecular complexity index is 1350. The average Bonchev–Trinajstić information content (AvgIpc) is 3.02. The molecule has 0 spiro atoms. The Morgan fingerprint density at radius 3 is 2.51 bits per heavy atom. The maximum atomic E-state index is 13.8. The highest BCUT2D eigenvalue weighted by Crippen LogP contribution is 2.39. The zero-order valence-corrected chi connectivity index (χ0v) is 20.8. The van der Waals surface area contributed by atoms with E-state index in [0.717, 1.165) is 11.8 Å². The molecule has 12 heteroatoms. The summed E-state index contributed by atoms with van der Waals surface area (Å²) in [6.07, 6.45) is 1.80. The predicted octanol–water partition coefficient (Wildman–Crippen LogP) is 4.48. The van der Waals surface area contributed by atoms with Crippen LogP contribution in [0.1, 0.15) is 23.2 Å². The van der Waals surface area contributed by atoms with Crippen LogP contribution >= 0.6 is 0 Å². The summed E-state index contributed by atoms with van der Waals surface area (Å²) in [6.45, 7) is -0.897. The number of nitrogens with two attached hydrogens (primary N) is 1. The molecule has 1 aromatic heterocycles. The molecule has 0 saturated carbocycles. The van der Waals surface area contributed by atoms with E-state index in [9.17, 15) is 26.0 Å². The Morgan fingerprint density at radius 1 is 1.14 bits per heavy atom. The predicted molar refractivity (Wildman–Crippen MR) is 132 cm³/mol. The van der Waals surface area contributed by atoms with Gasteiger partial charge in [0.1, 0.15) is 5.75 Å². The molecule has 37 heavy (non-hydrogen) atoms. The molecule has 0 fully saturated rings. The highest BCUT2D eigenvalue weighted by atomic mass is 32.2. The van der Waals surface area contributed by atoms with Crippen molar-refractivity contribution >= 4 is 21.4 Å². The molecular formula is C25H26F4N4O3S. The molecule has 0 radical (unpaired) electrons. The van der Waals surface area contributed by atoms with Crippen LogP contribution in [0.15, 0.2) is 60.8 Å². The summed E-state index contributed by atoms with van der Waals surface area (Å²) in [4.78, 5) is 5.90. The number of ether oxygens (including phenoxy) is 1. The van der Waals surface area contributed by atoms with Crippen LogP contribution in [0.25, 0.3) is 0 Å². The number of methoxy groups -OCH3 is 1. The van der Waals surface area contributed by atoms with Gasteiger partial charge in [-0.1, -0.05) is 36.4 Å². The van der Waals surface area contributed by atoms with Crippen molar-refractivity contribution in [3.05, 3.63) is 83.4 Å². The molecule has 0 amide bonds. The Balaban J connectivity index is 1.82. The van der Waals surface area contributed by atoms with Gasteiger partial charge in [0.2, 0.25) is 0 Å². The second-order valence-corrected chi connectivity index (χ2v) is 10.6. The topological polar surface area (TPSA) is 88.8 Å². The van der Waals surface area contributed by atoms with Crippen LogP contribution in [0.5, 0.6) is 5.75 Å². The normalized spacial score (nSPS) is 16.8. The van der Waals surface area contributed by atoms with Crippen molar-refractivity contribution in [2.45, 2.75) is 37.5 Å². The number of anilines is 2. The minimum atomic E-state index is -5.65. The Hall–Kier alpha value is -3.38. The van der Waals surface area contributed by atoms with Gasteiger partial charge in [0, 0.05) is 30.4 Å². The van der Waals surface area contributed by atoms with E-state index in [1.165, 1.54) is 13.2 Å². The molecule has 3 aromatic rings. The lowest BCUT2D eigenvalue weighted by molar-refractivity contribution is -0.0492. The average molecular weight is 539 g/mol. The number of halogens is 4. The molecule has 1 atom stereocenters. The first-order valence-corrected chi connectivity index (χ1v) is 12.9. The van der Waals surface area contributed by atoms with Crippen LogP contribution < -0.4 is 15.4 Å². The number of nitrogen functional groups attached to an aromatic ring is 1. The third-order valence-corrected chi connectivity index (χ3v) is 7.89. The van der Waals surface area contributed by atoms with E-state index in [1.807, 2.05) is 30.3 Å². The second kappa shape index (κ2) is 10.5. The molecule has 0 saturated heterocycles. The summed E-state index contributed by atoms with van der Waals surface area (Å²) in [5.41, 5.74) is 2.26. The highest BCUT2D eigenvalue weighted by Gasteiger charge is 2.51. The summed E-state index contributed by atoms with van der Waals surface area (Å²) in [6, 6.07) is 15.0. The lowest BCUT2D eigenvalue weighted by atomic mass is 10.0. The monoisotopic (exact) mass is 538 g/mol. The summed E-state index contributed by atoms with van der Waals surface area (Å²) >= 11 is 0. The van der Waals surface area contributed by atoms with Gasteiger partial charge in [0.05, 0.1) is 31.2 Å². The number of hydrogen-bond donors (Lipinski definition) is 1. The molecule has 2 aromatic carbocycles. The summed E-state index contributed by atoms with van der Waals surface area (Å²) < 4.78 is 85.9. The third-order valence-electron chi connectivity index (χ3n) is 6.34. The third kappa shape index (κ3) is 5.64. The first-order chi connectivity index (χ1) is 17.5. The molecule has 0 unspecified atom stereocenters. The zero-order valence-electron chi connectivity index (χ0n) is 20.0. The van der Waals surface area contributed by atoms with Crippen LogP contribution in [0.2, 0.25) is 0 Å². The number of aromatic nitrogens is 1. The first kappa shape index (κ1) is 26.7. The fourth-order valence-corrected chi connectivity index (χ4v) is 5.43. The van der Waals surface area contributed by atoms with E-state index in [2.05, 4.69) is 4.98 Å². The summed E-state index contributed by atoms with van der Waals surface area (Å²) in [7, 11) is -4.29. The number of aryl methyl sites for hydroxylation is 1. The fourth-order valence-electron chi connectivity index (χ4n) is 4.47. The van der Waals surface area contributed by atoms with Gasteiger partial charge in [-0.15, -0.1) is 0 Å². The number of hydrogen-bond acceptors (Lipinski definition) is 6. The number of pyridine rings is 1. The Labute approximate surface area is 212 Å². The SMILES string of the molecule is COc1cccc2c1CN(S(=O)(=O)C(F)(F)F)C[C@@H](CCc1ccccc1)N2Cc1cc(N)c(F)cn1. The lowest BCUT2D eigenvalue weighted by Crippen LogP contribution is -2.47. The Morgan fingerprint density at radius 2 is 1.86 bits per heavy atom. The second-order valence-electron chi connectivity index (χ2n) is 8.70. The van der Waals surface area contributed by atoms with Crippen molar-refractivity contribution in [3.63, 3.8) is 0 Å². The van der Waals surface area contributed by atoms with Crippen LogP contribution in [0, 0.1) is 5.82 Å². The number of fused-ring (bicyclic) bond motifs is 1. The highest BCUT2D eigenvalue weighted by molar-refractivity contribution is 7.89. The largest absolute Gasteiger partial charge is 0.511 e. The molecular weight excluding hydrogens is 512 g/mol. The van der Waals surface area contributed by atoms with Crippen LogP contribution in [0.4, 0.5) is 28.9 Å². The van der Waals surface area contributed by atoms with E-state index in [1.54, 1.807) is 23.1 Å². The Kier molecular flexibility index (Phi) is 7.60. The van der Waals surface area contributed by atoms with Gasteiger partial charge < -0.3 is 15.4 Å². The van der Waals surface area contributed by atoms with Gasteiger partial charge in [-0.05, 0) is 36.6 Å². The number of rotatable bonds is 7. The zero-order chi connectivity index (χ0) is 26.8. The molecule has 2 N–H and O–H groups in total. The number of nitrogens with zero attached hydrogens (tertiary/aromatic N) is 3. The van der Waals surface area contributed by atoms with Crippen molar-refractivity contribution in [3.8, 4) is 5.75 Å². The van der Waals surface area contributed by atoms with Gasteiger partial charge >= 0.3 is 15.5 Å². The fraction of sp³-hybridized carbons (Fsp3) is 0.320. The number of sulfonamides is 1. The quantitative estimate of drug-likeness (QED) is 0.446. The molecule has 0 aliphatic carbocycles. The number of alkyl halides is 3. The standard InChI is InChI=1S/C25H26F4N4O3S/c1-36-24-9-5-8-23-20(24)16-32(37(34,35)25(27,28)29)15-19(11-10-17-6-3-2-4-7-17)33(23)14-18-12-22(30)21(26)13-31-18/h2-9,12-13,19H,10-11,14-16H2,1H3,(H2,30,31)/t19-/m1/s1. The van der Waals surface area contributed by atoms with Gasteiger partial charge in [-0.25, -0.2) is 12.8 Å². The molecule has 2 heterocycles. The van der Waals surface area contributed by atoms with Crippen molar-refractivity contribution in [1.82, 2.24) is 9.29 Å². The van der Waals surface area contributed by atoms with E-state index in [4.69, 9.17) is 10.5 Å². The molecule has 0 bridgehead atoms. The van der Waals surface area contributed by atoms with Crippen molar-refractivity contribution in [2.24, 2.45) is 0 Å². The molecule has 1 aliphatic rings. The summed E-state index contributed by atoms with van der Waals surface area (Å²) in [5, 5.41) is 0.